The molecular formula is C22H29NO. The first-order valence-corrected chi connectivity index (χ1v) is 9.40. The molecule has 1 atom stereocenters. The molecular weight excluding hydrogens is 294 g/mol. The molecule has 0 bridgehead atoms. The fraction of sp³-hybridized carbons (Fsp3) is 0.455. The summed E-state index contributed by atoms with van der Waals surface area (Å²) >= 11 is 0. The molecule has 1 aliphatic rings. The van der Waals surface area contributed by atoms with Gasteiger partial charge in [0.2, 0.25) is 0 Å². The molecule has 1 heterocycles. The summed E-state index contributed by atoms with van der Waals surface area (Å²) < 4.78 is 0. The largest absolute Gasteiger partial charge is 0.508 e. The van der Waals surface area contributed by atoms with Crippen LogP contribution in [0.2, 0.25) is 0 Å². The molecule has 0 aromatic heterocycles. The van der Waals surface area contributed by atoms with Gasteiger partial charge < -0.3 is 5.11 Å². The predicted octanol–water partition coefficient (Wildman–Crippen LogP) is 5.31. The van der Waals surface area contributed by atoms with E-state index in [-0.39, 0.29) is 0 Å². The molecule has 0 spiro atoms. The van der Waals surface area contributed by atoms with Gasteiger partial charge in [0, 0.05) is 0 Å². The fourth-order valence-corrected chi connectivity index (χ4v) is 3.77. The van der Waals surface area contributed by atoms with E-state index in [9.17, 15) is 5.11 Å². The van der Waals surface area contributed by atoms with Crippen LogP contribution in [0.4, 0.5) is 0 Å². The molecule has 2 heteroatoms. The van der Waals surface area contributed by atoms with Crippen molar-refractivity contribution in [2.24, 2.45) is 0 Å². The highest BCUT2D eigenvalue weighted by Crippen LogP contribution is 2.33. The first kappa shape index (κ1) is 17.0. The SMILES string of the molecule is CCCCc1cc(C(c2ccccc2)N2CCCCC2)ccc1O. The first-order valence-electron chi connectivity index (χ1n) is 9.40. The lowest BCUT2D eigenvalue weighted by molar-refractivity contribution is 0.187. The molecule has 1 aliphatic heterocycles. The summed E-state index contributed by atoms with van der Waals surface area (Å²) in [5.74, 6) is 0.442. The third-order valence-corrected chi connectivity index (χ3v) is 5.09. The van der Waals surface area contributed by atoms with Crippen LogP contribution < -0.4 is 0 Å². The zero-order valence-electron chi connectivity index (χ0n) is 14.7. The number of phenols is 1. The van der Waals surface area contributed by atoms with Gasteiger partial charge >= 0.3 is 0 Å². The predicted molar refractivity (Wildman–Crippen MR) is 100 cm³/mol. The highest BCUT2D eigenvalue weighted by molar-refractivity contribution is 5.41. The third-order valence-electron chi connectivity index (χ3n) is 5.09. The van der Waals surface area contributed by atoms with Crippen molar-refractivity contribution in [1.82, 2.24) is 4.90 Å². The number of phenolic OH excluding ortho intramolecular Hbond substituents is 1. The third kappa shape index (κ3) is 3.99. The molecule has 0 aliphatic carbocycles. The Morgan fingerprint density at radius 3 is 2.42 bits per heavy atom. The van der Waals surface area contributed by atoms with Crippen molar-refractivity contribution in [3.8, 4) is 5.75 Å². The Kier molecular flexibility index (Phi) is 5.92. The number of aromatic hydroxyl groups is 1. The maximum absolute atomic E-state index is 10.2. The molecule has 24 heavy (non-hydrogen) atoms. The average Bonchev–Trinajstić information content (AvgIpc) is 2.64. The number of benzene rings is 2. The Morgan fingerprint density at radius 2 is 1.71 bits per heavy atom. The van der Waals surface area contributed by atoms with Crippen molar-refractivity contribution in [3.63, 3.8) is 0 Å². The van der Waals surface area contributed by atoms with E-state index < -0.39 is 0 Å². The summed E-state index contributed by atoms with van der Waals surface area (Å²) in [5, 5.41) is 10.2. The van der Waals surface area contributed by atoms with Crippen molar-refractivity contribution in [2.45, 2.75) is 51.5 Å². The Balaban J connectivity index is 1.95. The summed E-state index contributed by atoms with van der Waals surface area (Å²) in [6.45, 7) is 4.51. The van der Waals surface area contributed by atoms with Gasteiger partial charge in [0.15, 0.2) is 0 Å². The van der Waals surface area contributed by atoms with E-state index in [1.54, 1.807) is 0 Å². The number of hydrogen-bond donors (Lipinski definition) is 1. The summed E-state index contributed by atoms with van der Waals surface area (Å²) in [5.41, 5.74) is 3.76. The minimum atomic E-state index is 0.299. The molecule has 1 unspecified atom stereocenters. The van der Waals surface area contributed by atoms with E-state index in [2.05, 4.69) is 54.3 Å². The Hall–Kier alpha value is -1.80. The summed E-state index contributed by atoms with van der Waals surface area (Å²) in [6, 6.07) is 17.3. The Labute approximate surface area is 146 Å². The molecule has 1 fully saturated rings. The van der Waals surface area contributed by atoms with Gasteiger partial charge in [-0.2, -0.15) is 0 Å². The van der Waals surface area contributed by atoms with Gasteiger partial charge in [-0.25, -0.2) is 0 Å². The summed E-state index contributed by atoms with van der Waals surface area (Å²) in [6.07, 6.45) is 7.13. The van der Waals surface area contributed by atoms with E-state index >= 15 is 0 Å². The van der Waals surface area contributed by atoms with Crippen molar-refractivity contribution in [2.75, 3.05) is 13.1 Å². The molecule has 128 valence electrons. The minimum Gasteiger partial charge on any atom is -0.508 e. The van der Waals surface area contributed by atoms with Gasteiger partial charge in [0.05, 0.1) is 6.04 Å². The van der Waals surface area contributed by atoms with Crippen molar-refractivity contribution in [1.29, 1.82) is 0 Å². The van der Waals surface area contributed by atoms with Gasteiger partial charge in [-0.3, -0.25) is 4.90 Å². The van der Waals surface area contributed by atoms with E-state index in [0.29, 0.717) is 11.8 Å². The lowest BCUT2D eigenvalue weighted by atomic mass is 9.92. The van der Waals surface area contributed by atoms with Gasteiger partial charge in [-0.15, -0.1) is 0 Å². The second-order valence-electron chi connectivity index (χ2n) is 6.90. The molecule has 2 aromatic rings. The smallest absolute Gasteiger partial charge is 0.118 e. The van der Waals surface area contributed by atoms with Gasteiger partial charge in [-0.1, -0.05) is 62.2 Å². The maximum Gasteiger partial charge on any atom is 0.118 e. The van der Waals surface area contributed by atoms with Crippen LogP contribution >= 0.6 is 0 Å². The monoisotopic (exact) mass is 323 g/mol. The first-order chi connectivity index (χ1) is 11.8. The van der Waals surface area contributed by atoms with Gasteiger partial charge in [0.1, 0.15) is 5.75 Å². The molecule has 2 nitrogen and oxygen atoms in total. The number of nitrogens with zero attached hydrogens (tertiary/aromatic N) is 1. The fourth-order valence-electron chi connectivity index (χ4n) is 3.77. The molecule has 3 rings (SSSR count). The van der Waals surface area contributed by atoms with Crippen LogP contribution in [0, 0.1) is 0 Å². The normalized spacial score (nSPS) is 16.9. The van der Waals surface area contributed by atoms with Crippen LogP contribution in [-0.2, 0) is 6.42 Å². The number of piperidine rings is 1. The summed E-state index contributed by atoms with van der Waals surface area (Å²) in [4.78, 5) is 2.61. The number of hydrogen-bond acceptors (Lipinski definition) is 2. The number of unbranched alkanes of at least 4 members (excludes halogenated alkanes) is 1. The second-order valence-corrected chi connectivity index (χ2v) is 6.90. The van der Waals surface area contributed by atoms with Crippen LogP contribution in [-0.4, -0.2) is 23.1 Å². The van der Waals surface area contributed by atoms with Gasteiger partial charge in [0.25, 0.3) is 0 Å². The lowest BCUT2D eigenvalue weighted by Crippen LogP contribution is -2.34. The molecule has 1 saturated heterocycles. The molecule has 1 N–H and O–H groups in total. The number of rotatable bonds is 6. The molecule has 2 aromatic carbocycles. The van der Waals surface area contributed by atoms with Crippen molar-refractivity contribution < 1.29 is 5.11 Å². The van der Waals surface area contributed by atoms with Crippen LogP contribution in [0.5, 0.6) is 5.75 Å². The molecule has 0 saturated carbocycles. The van der Waals surface area contributed by atoms with Crippen LogP contribution in [0.1, 0.15) is 61.8 Å². The van der Waals surface area contributed by atoms with Crippen molar-refractivity contribution >= 4 is 0 Å². The van der Waals surface area contributed by atoms with Gasteiger partial charge in [-0.05, 0) is 61.5 Å². The Morgan fingerprint density at radius 1 is 0.958 bits per heavy atom. The highest BCUT2D eigenvalue weighted by Gasteiger charge is 2.24. The standard InChI is InChI=1S/C22H29NO/c1-2-3-10-19-17-20(13-14-21(19)24)22(18-11-6-4-7-12-18)23-15-8-5-9-16-23/h4,6-7,11-14,17,22,24H,2-3,5,8-10,15-16H2,1H3. The van der Waals surface area contributed by atoms with Crippen LogP contribution in [0.3, 0.4) is 0 Å². The highest BCUT2D eigenvalue weighted by atomic mass is 16.3. The van der Waals surface area contributed by atoms with E-state index in [1.165, 1.54) is 30.4 Å². The number of likely N-dealkylation sites (tertiary alicyclic amines) is 1. The average molecular weight is 323 g/mol. The van der Waals surface area contributed by atoms with E-state index in [0.717, 1.165) is 37.9 Å². The summed E-state index contributed by atoms with van der Waals surface area (Å²) in [7, 11) is 0. The zero-order valence-corrected chi connectivity index (χ0v) is 14.7. The molecule has 0 radical (unpaired) electrons. The van der Waals surface area contributed by atoms with Crippen molar-refractivity contribution in [3.05, 3.63) is 65.2 Å². The number of aryl methyl sites for hydroxylation is 1. The quantitative estimate of drug-likeness (QED) is 0.778. The second kappa shape index (κ2) is 8.34. The van der Waals surface area contributed by atoms with Crippen LogP contribution in [0.15, 0.2) is 48.5 Å². The molecule has 0 amide bonds. The van der Waals surface area contributed by atoms with E-state index in [1.807, 2.05) is 6.07 Å². The topological polar surface area (TPSA) is 23.5 Å². The van der Waals surface area contributed by atoms with Crippen LogP contribution in [0.25, 0.3) is 0 Å². The Bertz CT molecular complexity index is 632. The minimum absolute atomic E-state index is 0.299. The van der Waals surface area contributed by atoms with E-state index in [4.69, 9.17) is 0 Å². The maximum atomic E-state index is 10.2. The lowest BCUT2D eigenvalue weighted by Gasteiger charge is -2.35. The zero-order chi connectivity index (χ0) is 16.8.